The molecule has 1 saturated heterocycles. The molecule has 0 amide bonds. The molecule has 70 valence electrons. The first kappa shape index (κ1) is 9.80. The third-order valence-electron chi connectivity index (χ3n) is 1.56. The fourth-order valence-corrected chi connectivity index (χ4v) is 1.39. The quantitative estimate of drug-likeness (QED) is 0.535. The Morgan fingerprint density at radius 3 is 3.00 bits per heavy atom. The molecule has 1 fully saturated rings. The predicted octanol–water partition coefficient (Wildman–Crippen LogP) is 1.05. The lowest BCUT2D eigenvalue weighted by molar-refractivity contribution is 0.0635. The van der Waals surface area contributed by atoms with Crippen LogP contribution in [0.4, 0.5) is 0 Å². The first-order chi connectivity index (χ1) is 5.64. The van der Waals surface area contributed by atoms with Crippen molar-refractivity contribution < 1.29 is 18.7 Å². The van der Waals surface area contributed by atoms with Crippen LogP contribution >= 0.6 is 7.75 Å². The van der Waals surface area contributed by atoms with E-state index in [9.17, 15) is 9.47 Å². The summed E-state index contributed by atoms with van der Waals surface area (Å²) in [6.45, 7) is 0.595. The van der Waals surface area contributed by atoms with E-state index in [4.69, 9.17) is 9.63 Å². The summed E-state index contributed by atoms with van der Waals surface area (Å²) in [5.41, 5.74) is 0. The lowest BCUT2D eigenvalue weighted by Gasteiger charge is -2.09. The summed E-state index contributed by atoms with van der Waals surface area (Å²) in [7, 11) is -4.24. The second-order valence-corrected chi connectivity index (χ2v) is 3.91. The molecule has 2 atom stereocenters. The van der Waals surface area contributed by atoms with Crippen LogP contribution in [0.2, 0.25) is 0 Å². The average molecular weight is 195 g/mol. The fraction of sp³-hybridized carbons (Fsp3) is 1.00. The third kappa shape index (κ3) is 2.98. The van der Waals surface area contributed by atoms with E-state index in [0.717, 1.165) is 12.8 Å². The molecule has 0 aromatic heterocycles. The maximum Gasteiger partial charge on any atom is 0.487 e. The van der Waals surface area contributed by atoms with Crippen LogP contribution in [-0.4, -0.2) is 24.2 Å². The van der Waals surface area contributed by atoms with E-state index >= 15 is 0 Å². The zero-order valence-electron chi connectivity index (χ0n) is 6.38. The topological polar surface area (TPSA) is 85.2 Å². The first-order valence-electron chi connectivity index (χ1n) is 3.58. The second kappa shape index (κ2) is 4.09. The summed E-state index contributed by atoms with van der Waals surface area (Å²) in [6.07, 6.45) is 1.53. The van der Waals surface area contributed by atoms with Gasteiger partial charge in [-0.3, -0.25) is 4.52 Å². The van der Waals surface area contributed by atoms with Gasteiger partial charge in [0.05, 0.1) is 12.7 Å². The van der Waals surface area contributed by atoms with Crippen LogP contribution < -0.4 is 0 Å². The molecule has 7 heteroatoms. The minimum Gasteiger partial charge on any atom is -0.376 e. The van der Waals surface area contributed by atoms with Crippen molar-refractivity contribution in [1.29, 1.82) is 0 Å². The van der Waals surface area contributed by atoms with Crippen LogP contribution in [-0.2, 0) is 13.8 Å². The molecule has 1 aliphatic heterocycles. The molecule has 12 heavy (non-hydrogen) atoms. The van der Waals surface area contributed by atoms with Crippen LogP contribution in [0, 0.1) is 4.91 Å². The Morgan fingerprint density at radius 2 is 2.50 bits per heavy atom. The Labute approximate surface area is 69.4 Å². The molecule has 0 radical (unpaired) electrons. The van der Waals surface area contributed by atoms with Crippen LogP contribution in [0.15, 0.2) is 4.95 Å². The Kier molecular flexibility index (Phi) is 3.34. The molecular formula is C5H10NO5P. The van der Waals surface area contributed by atoms with Crippen LogP contribution in [0.25, 0.3) is 0 Å². The zero-order chi connectivity index (χ0) is 9.03. The van der Waals surface area contributed by atoms with E-state index in [1.54, 1.807) is 0 Å². The van der Waals surface area contributed by atoms with Crippen LogP contribution in [0.5, 0.6) is 0 Å². The summed E-state index contributed by atoms with van der Waals surface area (Å²) < 4.78 is 20.0. The minimum absolute atomic E-state index is 0.0421. The van der Waals surface area contributed by atoms with Crippen molar-refractivity contribution in [3.8, 4) is 0 Å². The van der Waals surface area contributed by atoms with Crippen molar-refractivity contribution in [2.75, 3.05) is 13.2 Å². The van der Waals surface area contributed by atoms with Gasteiger partial charge in [0.15, 0.2) is 0 Å². The summed E-state index contributed by atoms with van der Waals surface area (Å²) in [4.78, 5) is 20.2. The Morgan fingerprint density at radius 1 is 1.75 bits per heavy atom. The smallest absolute Gasteiger partial charge is 0.376 e. The van der Waals surface area contributed by atoms with Gasteiger partial charge < -0.3 is 9.63 Å². The first-order valence-corrected chi connectivity index (χ1v) is 5.11. The minimum atomic E-state index is -4.24. The van der Waals surface area contributed by atoms with E-state index in [2.05, 4.69) is 4.52 Å². The van der Waals surface area contributed by atoms with Gasteiger partial charge >= 0.3 is 7.75 Å². The lowest BCUT2D eigenvalue weighted by atomic mass is 10.2. The highest BCUT2D eigenvalue weighted by Crippen LogP contribution is 2.43. The fourth-order valence-electron chi connectivity index (χ4n) is 0.980. The second-order valence-electron chi connectivity index (χ2n) is 2.50. The summed E-state index contributed by atoms with van der Waals surface area (Å²) >= 11 is 0. The molecule has 1 rings (SSSR count). The lowest BCUT2D eigenvalue weighted by Crippen LogP contribution is -2.12. The van der Waals surface area contributed by atoms with Gasteiger partial charge in [-0.1, -0.05) is 0 Å². The molecular weight excluding hydrogens is 185 g/mol. The van der Waals surface area contributed by atoms with Crippen molar-refractivity contribution in [3.63, 3.8) is 0 Å². The number of hydrogen-bond acceptors (Lipinski definition) is 4. The van der Waals surface area contributed by atoms with E-state index in [1.165, 1.54) is 0 Å². The largest absolute Gasteiger partial charge is 0.487 e. The highest BCUT2D eigenvalue weighted by atomic mass is 31.2. The molecule has 1 unspecified atom stereocenters. The molecule has 1 heterocycles. The number of rotatable bonds is 4. The zero-order valence-corrected chi connectivity index (χ0v) is 7.27. The molecule has 0 saturated carbocycles. The highest BCUT2D eigenvalue weighted by Gasteiger charge is 2.24. The van der Waals surface area contributed by atoms with Crippen molar-refractivity contribution in [1.82, 2.24) is 0 Å². The van der Waals surface area contributed by atoms with Crippen LogP contribution in [0.1, 0.15) is 12.8 Å². The molecule has 1 N–H and O–H groups in total. The predicted molar refractivity (Wildman–Crippen MR) is 40.5 cm³/mol. The van der Waals surface area contributed by atoms with Gasteiger partial charge in [0.25, 0.3) is 0 Å². The van der Waals surface area contributed by atoms with Crippen molar-refractivity contribution in [2.24, 2.45) is 4.95 Å². The third-order valence-corrected chi connectivity index (χ3v) is 2.25. The van der Waals surface area contributed by atoms with Gasteiger partial charge in [0.2, 0.25) is 0 Å². The molecule has 0 aromatic rings. The van der Waals surface area contributed by atoms with E-state index < -0.39 is 7.75 Å². The molecule has 6 nitrogen and oxygen atoms in total. The SMILES string of the molecule is O=NP(=O)(O)OC[C@@H]1CCCO1. The van der Waals surface area contributed by atoms with Crippen molar-refractivity contribution >= 4 is 7.75 Å². The van der Waals surface area contributed by atoms with Crippen molar-refractivity contribution in [3.05, 3.63) is 4.91 Å². The number of ether oxygens (including phenoxy) is 1. The van der Waals surface area contributed by atoms with Gasteiger partial charge in [-0.15, -0.1) is 4.91 Å². The van der Waals surface area contributed by atoms with E-state index in [1.807, 2.05) is 4.95 Å². The average Bonchev–Trinajstić information content (AvgIpc) is 2.53. The van der Waals surface area contributed by atoms with Gasteiger partial charge in [0.1, 0.15) is 0 Å². The van der Waals surface area contributed by atoms with Crippen LogP contribution in [0.3, 0.4) is 0 Å². The normalized spacial score (nSPS) is 28.2. The Bertz CT molecular complexity index is 202. The maximum atomic E-state index is 10.5. The van der Waals surface area contributed by atoms with Crippen molar-refractivity contribution in [2.45, 2.75) is 18.9 Å². The van der Waals surface area contributed by atoms with E-state index in [-0.39, 0.29) is 12.7 Å². The number of nitroso groups, excluding NO2 is 1. The maximum absolute atomic E-state index is 10.5. The monoisotopic (exact) mass is 195 g/mol. The highest BCUT2D eigenvalue weighted by molar-refractivity contribution is 7.51. The molecule has 0 aliphatic carbocycles. The molecule has 1 aliphatic rings. The van der Waals surface area contributed by atoms with Gasteiger partial charge in [-0.25, -0.2) is 4.57 Å². The standard InChI is InChI=1S/C5H10NO5P/c7-6-12(8,9)11-4-5-2-1-3-10-5/h5H,1-4H2,(H,8,9)/t5-/m0/s1. The Balaban J connectivity index is 2.24. The number of nitrogens with zero attached hydrogens (tertiary/aromatic N) is 1. The summed E-state index contributed by atoms with van der Waals surface area (Å²) in [5, 5.41) is 0. The summed E-state index contributed by atoms with van der Waals surface area (Å²) in [5.74, 6) is 0. The molecule has 0 spiro atoms. The summed E-state index contributed by atoms with van der Waals surface area (Å²) in [6, 6.07) is 0. The van der Waals surface area contributed by atoms with Gasteiger partial charge in [0, 0.05) is 11.6 Å². The van der Waals surface area contributed by atoms with Gasteiger partial charge in [-0.2, -0.15) is 0 Å². The van der Waals surface area contributed by atoms with E-state index in [0.29, 0.717) is 6.61 Å². The Hall–Kier alpha value is -0.290. The molecule has 0 bridgehead atoms. The number of hydrogen-bond donors (Lipinski definition) is 1. The molecule has 0 aromatic carbocycles. The van der Waals surface area contributed by atoms with Gasteiger partial charge in [-0.05, 0) is 12.8 Å².